The van der Waals surface area contributed by atoms with E-state index in [1.54, 1.807) is 12.3 Å². The number of nitrogens with two attached hydrogens (primary N) is 2. The standard InChI is InChI=1S/C12H18N4O/c13-5-4-12(2-3-12)8-16-9-1-6-15-10(7-9)11(14)17/h1,6-7H,2-5,8,13H2,(H2,14,17)(H,15,16). The van der Waals surface area contributed by atoms with Crippen LogP contribution in [0.5, 0.6) is 0 Å². The first-order valence-corrected chi connectivity index (χ1v) is 5.85. The number of aromatic nitrogens is 1. The number of carbonyl (C=O) groups is 1. The summed E-state index contributed by atoms with van der Waals surface area (Å²) >= 11 is 0. The zero-order valence-electron chi connectivity index (χ0n) is 9.78. The van der Waals surface area contributed by atoms with Gasteiger partial charge in [0.1, 0.15) is 5.69 Å². The van der Waals surface area contributed by atoms with Crippen LogP contribution in [-0.2, 0) is 0 Å². The number of amides is 1. The molecule has 1 amide bonds. The van der Waals surface area contributed by atoms with E-state index in [0.717, 1.165) is 25.2 Å². The normalized spacial score (nSPS) is 16.5. The molecule has 0 spiro atoms. The molecular weight excluding hydrogens is 216 g/mol. The van der Waals surface area contributed by atoms with Gasteiger partial charge in [0, 0.05) is 18.4 Å². The first kappa shape index (κ1) is 11.9. The Kier molecular flexibility index (Phi) is 3.28. The van der Waals surface area contributed by atoms with Crippen LogP contribution in [0, 0.1) is 5.41 Å². The molecule has 0 radical (unpaired) electrons. The van der Waals surface area contributed by atoms with Crippen LogP contribution in [0.1, 0.15) is 29.8 Å². The lowest BCUT2D eigenvalue weighted by Gasteiger charge is -2.15. The van der Waals surface area contributed by atoms with Crippen molar-refractivity contribution < 1.29 is 4.79 Å². The lowest BCUT2D eigenvalue weighted by atomic mass is 10.0. The fourth-order valence-corrected chi connectivity index (χ4v) is 1.96. The first-order chi connectivity index (χ1) is 8.15. The van der Waals surface area contributed by atoms with E-state index in [-0.39, 0.29) is 0 Å². The summed E-state index contributed by atoms with van der Waals surface area (Å²) in [4.78, 5) is 14.9. The van der Waals surface area contributed by atoms with Crippen LogP contribution in [0.3, 0.4) is 0 Å². The van der Waals surface area contributed by atoms with Crippen molar-refractivity contribution in [1.82, 2.24) is 4.98 Å². The highest BCUT2D eigenvalue weighted by molar-refractivity contribution is 5.91. The zero-order valence-corrected chi connectivity index (χ0v) is 9.78. The van der Waals surface area contributed by atoms with Gasteiger partial charge in [0.2, 0.25) is 0 Å². The van der Waals surface area contributed by atoms with Gasteiger partial charge in [-0.05, 0) is 43.4 Å². The minimum absolute atomic E-state index is 0.290. The Bertz CT molecular complexity index is 415. The van der Waals surface area contributed by atoms with E-state index in [1.165, 1.54) is 12.8 Å². The van der Waals surface area contributed by atoms with E-state index in [2.05, 4.69) is 10.3 Å². The van der Waals surface area contributed by atoms with Crippen LogP contribution in [0.25, 0.3) is 0 Å². The fraction of sp³-hybridized carbons (Fsp3) is 0.500. The van der Waals surface area contributed by atoms with Crippen molar-refractivity contribution in [2.45, 2.75) is 19.3 Å². The molecular formula is C12H18N4O. The summed E-state index contributed by atoms with van der Waals surface area (Å²) in [5.74, 6) is -0.503. The van der Waals surface area contributed by atoms with Gasteiger partial charge in [-0.25, -0.2) is 0 Å². The minimum atomic E-state index is -0.503. The summed E-state index contributed by atoms with van der Waals surface area (Å²) in [7, 11) is 0. The molecule has 1 heterocycles. The number of primary amides is 1. The maximum Gasteiger partial charge on any atom is 0.267 e. The van der Waals surface area contributed by atoms with Gasteiger partial charge in [-0.15, -0.1) is 0 Å². The summed E-state index contributed by atoms with van der Waals surface area (Å²) in [5.41, 5.74) is 12.3. The molecule has 0 unspecified atom stereocenters. The Morgan fingerprint density at radius 3 is 2.88 bits per heavy atom. The van der Waals surface area contributed by atoms with Gasteiger partial charge < -0.3 is 16.8 Å². The van der Waals surface area contributed by atoms with Gasteiger partial charge in [0.15, 0.2) is 0 Å². The highest BCUT2D eigenvalue weighted by Crippen LogP contribution is 2.48. The van der Waals surface area contributed by atoms with Gasteiger partial charge in [-0.2, -0.15) is 0 Å². The quantitative estimate of drug-likeness (QED) is 0.676. The van der Waals surface area contributed by atoms with E-state index in [1.807, 2.05) is 6.07 Å². The maximum absolute atomic E-state index is 11.0. The summed E-state index contributed by atoms with van der Waals surface area (Å²) < 4.78 is 0. The van der Waals surface area contributed by atoms with E-state index >= 15 is 0 Å². The molecule has 0 saturated heterocycles. The molecule has 1 fully saturated rings. The molecule has 1 aromatic rings. The second kappa shape index (κ2) is 4.71. The Hall–Kier alpha value is -1.62. The van der Waals surface area contributed by atoms with E-state index in [9.17, 15) is 4.79 Å². The Morgan fingerprint density at radius 2 is 2.29 bits per heavy atom. The molecule has 5 N–H and O–H groups in total. The van der Waals surface area contributed by atoms with Gasteiger partial charge in [-0.3, -0.25) is 9.78 Å². The van der Waals surface area contributed by atoms with Crippen LogP contribution in [0.15, 0.2) is 18.3 Å². The summed E-state index contributed by atoms with van der Waals surface area (Å²) in [5, 5.41) is 3.32. The van der Waals surface area contributed by atoms with E-state index in [0.29, 0.717) is 11.1 Å². The van der Waals surface area contributed by atoms with Gasteiger partial charge in [0.25, 0.3) is 5.91 Å². The molecule has 1 aliphatic rings. The van der Waals surface area contributed by atoms with E-state index < -0.39 is 5.91 Å². The van der Waals surface area contributed by atoms with Crippen LogP contribution < -0.4 is 16.8 Å². The smallest absolute Gasteiger partial charge is 0.267 e. The van der Waals surface area contributed by atoms with Crippen molar-refractivity contribution >= 4 is 11.6 Å². The number of anilines is 1. The lowest BCUT2D eigenvalue weighted by molar-refractivity contribution is 0.0995. The minimum Gasteiger partial charge on any atom is -0.384 e. The van der Waals surface area contributed by atoms with Crippen molar-refractivity contribution in [3.8, 4) is 0 Å². The van der Waals surface area contributed by atoms with Gasteiger partial charge in [0.05, 0.1) is 0 Å². The number of hydrogen-bond donors (Lipinski definition) is 3. The Balaban J connectivity index is 1.95. The first-order valence-electron chi connectivity index (χ1n) is 5.85. The van der Waals surface area contributed by atoms with Crippen LogP contribution >= 0.6 is 0 Å². The number of nitrogens with one attached hydrogen (secondary N) is 1. The maximum atomic E-state index is 11.0. The molecule has 2 rings (SSSR count). The predicted molar refractivity (Wildman–Crippen MR) is 66.6 cm³/mol. The van der Waals surface area contributed by atoms with Crippen LogP contribution in [0.2, 0.25) is 0 Å². The average molecular weight is 234 g/mol. The molecule has 92 valence electrons. The predicted octanol–water partition coefficient (Wildman–Crippen LogP) is 0.721. The second-order valence-corrected chi connectivity index (χ2v) is 4.69. The summed E-state index contributed by atoms with van der Waals surface area (Å²) in [6.45, 7) is 1.62. The molecule has 0 atom stereocenters. The van der Waals surface area contributed by atoms with Gasteiger partial charge >= 0.3 is 0 Å². The number of hydrogen-bond acceptors (Lipinski definition) is 4. The SMILES string of the molecule is NCCC1(CNc2ccnc(C(N)=O)c2)CC1. The van der Waals surface area contributed by atoms with Crippen molar-refractivity contribution in [3.63, 3.8) is 0 Å². The highest BCUT2D eigenvalue weighted by atomic mass is 16.1. The molecule has 1 aromatic heterocycles. The molecule has 1 saturated carbocycles. The molecule has 5 nitrogen and oxygen atoms in total. The molecule has 1 aliphatic carbocycles. The van der Waals surface area contributed by atoms with Gasteiger partial charge in [-0.1, -0.05) is 0 Å². The molecule has 5 heteroatoms. The van der Waals surface area contributed by atoms with Crippen molar-refractivity contribution in [2.24, 2.45) is 16.9 Å². The lowest BCUT2D eigenvalue weighted by Crippen LogP contribution is -2.19. The zero-order chi connectivity index (χ0) is 12.3. The molecule has 0 aliphatic heterocycles. The topological polar surface area (TPSA) is 94.0 Å². The monoisotopic (exact) mass is 234 g/mol. The highest BCUT2D eigenvalue weighted by Gasteiger charge is 2.41. The Morgan fingerprint density at radius 1 is 1.53 bits per heavy atom. The number of nitrogens with zero attached hydrogens (tertiary/aromatic N) is 1. The summed E-state index contributed by atoms with van der Waals surface area (Å²) in [6, 6.07) is 3.52. The van der Waals surface area contributed by atoms with Crippen molar-refractivity contribution in [3.05, 3.63) is 24.0 Å². The van der Waals surface area contributed by atoms with Crippen LogP contribution in [-0.4, -0.2) is 24.0 Å². The van der Waals surface area contributed by atoms with Crippen molar-refractivity contribution in [1.29, 1.82) is 0 Å². The second-order valence-electron chi connectivity index (χ2n) is 4.69. The average Bonchev–Trinajstić information content (AvgIpc) is 3.08. The molecule has 17 heavy (non-hydrogen) atoms. The third kappa shape index (κ3) is 2.94. The van der Waals surface area contributed by atoms with Crippen LogP contribution in [0.4, 0.5) is 5.69 Å². The molecule has 0 bridgehead atoms. The number of carbonyl (C=O) groups excluding carboxylic acids is 1. The number of rotatable bonds is 6. The molecule has 0 aromatic carbocycles. The third-order valence-electron chi connectivity index (χ3n) is 3.31. The van der Waals surface area contributed by atoms with E-state index in [4.69, 9.17) is 11.5 Å². The largest absolute Gasteiger partial charge is 0.384 e. The third-order valence-corrected chi connectivity index (χ3v) is 3.31. The summed E-state index contributed by atoms with van der Waals surface area (Å²) in [6.07, 6.45) is 5.09. The van der Waals surface area contributed by atoms with Crippen molar-refractivity contribution in [2.75, 3.05) is 18.4 Å². The fourth-order valence-electron chi connectivity index (χ4n) is 1.96. The number of pyridine rings is 1. The Labute approximate surface area is 101 Å².